The number of nitrogens with zero attached hydrogens (tertiary/aromatic N) is 2. The minimum atomic E-state index is -0.819. The van der Waals surface area contributed by atoms with Crippen molar-refractivity contribution in [2.75, 3.05) is 0 Å². The molecule has 7 nitrogen and oxygen atoms in total. The van der Waals surface area contributed by atoms with E-state index in [1.54, 1.807) is 12.1 Å². The van der Waals surface area contributed by atoms with E-state index in [9.17, 15) is 14.4 Å². The number of fused-ring (bicyclic) bond motifs is 1. The maximum atomic E-state index is 12.4. The first-order valence-electron chi connectivity index (χ1n) is 8.96. The molecule has 0 atom stereocenters. The molecule has 0 N–H and O–H groups in total. The van der Waals surface area contributed by atoms with Crippen LogP contribution >= 0.6 is 0 Å². The van der Waals surface area contributed by atoms with Crippen molar-refractivity contribution in [3.8, 4) is 5.88 Å². The molecule has 1 aromatic heterocycles. The van der Waals surface area contributed by atoms with Crippen molar-refractivity contribution >= 4 is 17.8 Å². The molecule has 1 aliphatic carbocycles. The van der Waals surface area contributed by atoms with Crippen molar-refractivity contribution in [2.24, 2.45) is 0 Å². The summed E-state index contributed by atoms with van der Waals surface area (Å²) in [5.41, 5.74) is 0.588. The number of pyridine rings is 1. The Morgan fingerprint density at radius 3 is 2.33 bits per heavy atom. The van der Waals surface area contributed by atoms with Crippen molar-refractivity contribution in [2.45, 2.75) is 38.2 Å². The Labute approximate surface area is 155 Å². The van der Waals surface area contributed by atoms with E-state index in [1.807, 2.05) is 0 Å². The quantitative estimate of drug-likeness (QED) is 0.773. The van der Waals surface area contributed by atoms with Crippen molar-refractivity contribution in [1.82, 2.24) is 10.0 Å². The minimum absolute atomic E-state index is 0.0914. The number of carbonyl (C=O) groups is 3. The Hall–Kier alpha value is -3.22. The van der Waals surface area contributed by atoms with Crippen LogP contribution < -0.4 is 4.74 Å². The van der Waals surface area contributed by atoms with Gasteiger partial charge in [0, 0.05) is 12.3 Å². The molecule has 4 rings (SSSR count). The second kappa shape index (κ2) is 7.19. The Morgan fingerprint density at radius 2 is 1.67 bits per heavy atom. The van der Waals surface area contributed by atoms with E-state index >= 15 is 0 Å². The molecular formula is C20H18N2O5. The summed E-state index contributed by atoms with van der Waals surface area (Å²) in [6.07, 6.45) is 6.90. The van der Waals surface area contributed by atoms with Gasteiger partial charge in [0.15, 0.2) is 0 Å². The predicted octanol–water partition coefficient (Wildman–Crippen LogP) is 3.16. The number of hydroxylamine groups is 2. The standard InChI is InChI=1S/C20H18N2O5/c23-18-15-8-4-5-9-16(15)19(24)22(18)27-20(25)13-10-11-21-17(12-13)26-14-6-2-1-3-7-14/h4-5,8-12,14H,1-3,6-7H2. The maximum absolute atomic E-state index is 12.4. The van der Waals surface area contributed by atoms with E-state index in [0.29, 0.717) is 10.9 Å². The third-order valence-corrected chi connectivity index (χ3v) is 4.74. The third-order valence-electron chi connectivity index (χ3n) is 4.74. The van der Waals surface area contributed by atoms with Gasteiger partial charge in [-0.05, 0) is 43.9 Å². The number of rotatable bonds is 4. The summed E-state index contributed by atoms with van der Waals surface area (Å²) < 4.78 is 5.84. The molecule has 0 bridgehead atoms. The normalized spacial score (nSPS) is 17.0. The van der Waals surface area contributed by atoms with Gasteiger partial charge in [-0.2, -0.15) is 0 Å². The monoisotopic (exact) mass is 366 g/mol. The second-order valence-electron chi connectivity index (χ2n) is 6.59. The lowest BCUT2D eigenvalue weighted by Crippen LogP contribution is -2.32. The van der Waals surface area contributed by atoms with E-state index < -0.39 is 17.8 Å². The van der Waals surface area contributed by atoms with Crippen LogP contribution in [0.1, 0.15) is 63.2 Å². The lowest BCUT2D eigenvalue weighted by Gasteiger charge is -2.22. The van der Waals surface area contributed by atoms with Crippen LogP contribution in [0.15, 0.2) is 42.6 Å². The van der Waals surface area contributed by atoms with Gasteiger partial charge in [-0.3, -0.25) is 9.59 Å². The highest BCUT2D eigenvalue weighted by Gasteiger charge is 2.38. The predicted molar refractivity (Wildman–Crippen MR) is 94.1 cm³/mol. The fourth-order valence-electron chi connectivity index (χ4n) is 3.34. The highest BCUT2D eigenvalue weighted by molar-refractivity contribution is 6.21. The van der Waals surface area contributed by atoms with Crippen LogP contribution in [0.5, 0.6) is 5.88 Å². The first kappa shape index (κ1) is 17.2. The number of benzene rings is 1. The van der Waals surface area contributed by atoms with Gasteiger partial charge in [-0.25, -0.2) is 9.78 Å². The van der Waals surface area contributed by atoms with Crippen LogP contribution in [-0.2, 0) is 4.84 Å². The second-order valence-corrected chi connectivity index (χ2v) is 6.59. The topological polar surface area (TPSA) is 85.8 Å². The van der Waals surface area contributed by atoms with E-state index in [-0.39, 0.29) is 22.8 Å². The van der Waals surface area contributed by atoms with Crippen LogP contribution in [-0.4, -0.2) is 33.9 Å². The molecule has 1 saturated carbocycles. The smallest absolute Gasteiger partial charge is 0.364 e. The van der Waals surface area contributed by atoms with Crippen LogP contribution in [0.25, 0.3) is 0 Å². The summed E-state index contributed by atoms with van der Waals surface area (Å²) in [6, 6.07) is 9.25. The fourth-order valence-corrected chi connectivity index (χ4v) is 3.34. The first-order valence-corrected chi connectivity index (χ1v) is 8.96. The largest absolute Gasteiger partial charge is 0.474 e. The number of hydrogen-bond acceptors (Lipinski definition) is 6. The molecule has 2 aliphatic rings. The Morgan fingerprint density at radius 1 is 1.00 bits per heavy atom. The van der Waals surface area contributed by atoms with Crippen molar-refractivity contribution in [3.05, 3.63) is 59.3 Å². The van der Waals surface area contributed by atoms with Crippen LogP contribution in [0.2, 0.25) is 0 Å². The van der Waals surface area contributed by atoms with Gasteiger partial charge in [-0.15, -0.1) is 0 Å². The Balaban J connectivity index is 1.47. The summed E-state index contributed by atoms with van der Waals surface area (Å²) in [5, 5.41) is 0.495. The molecular weight excluding hydrogens is 348 g/mol. The molecule has 0 unspecified atom stereocenters. The number of carbonyl (C=O) groups excluding carboxylic acids is 3. The zero-order valence-corrected chi connectivity index (χ0v) is 14.6. The fraction of sp³-hybridized carbons (Fsp3) is 0.300. The molecule has 1 aromatic carbocycles. The van der Waals surface area contributed by atoms with Crippen molar-refractivity contribution in [3.63, 3.8) is 0 Å². The van der Waals surface area contributed by atoms with Crippen LogP contribution in [0, 0.1) is 0 Å². The SMILES string of the molecule is O=C(ON1C(=O)c2ccccc2C1=O)c1ccnc(OC2CCCCC2)c1. The summed E-state index contributed by atoms with van der Waals surface area (Å²) in [4.78, 5) is 46.2. The highest BCUT2D eigenvalue weighted by Crippen LogP contribution is 2.25. The molecule has 0 spiro atoms. The number of imide groups is 1. The number of hydrogen-bond donors (Lipinski definition) is 0. The lowest BCUT2D eigenvalue weighted by molar-refractivity contribution is -0.0584. The van der Waals surface area contributed by atoms with Gasteiger partial charge < -0.3 is 9.57 Å². The Bertz CT molecular complexity index is 870. The van der Waals surface area contributed by atoms with E-state index in [0.717, 1.165) is 25.7 Å². The van der Waals surface area contributed by atoms with Gasteiger partial charge in [0.05, 0.1) is 16.7 Å². The average molecular weight is 366 g/mol. The zero-order chi connectivity index (χ0) is 18.8. The molecule has 2 aromatic rings. The van der Waals surface area contributed by atoms with E-state index in [2.05, 4.69) is 4.98 Å². The van der Waals surface area contributed by atoms with Gasteiger partial charge in [0.2, 0.25) is 5.88 Å². The van der Waals surface area contributed by atoms with Crippen LogP contribution in [0.4, 0.5) is 0 Å². The minimum Gasteiger partial charge on any atom is -0.474 e. The van der Waals surface area contributed by atoms with Gasteiger partial charge >= 0.3 is 5.97 Å². The third kappa shape index (κ3) is 3.40. The van der Waals surface area contributed by atoms with Crippen LogP contribution in [0.3, 0.4) is 0 Å². The van der Waals surface area contributed by atoms with Gasteiger partial charge in [0.1, 0.15) is 6.10 Å². The van der Waals surface area contributed by atoms with E-state index in [1.165, 1.54) is 36.9 Å². The van der Waals surface area contributed by atoms with E-state index in [4.69, 9.17) is 9.57 Å². The molecule has 2 amide bonds. The van der Waals surface area contributed by atoms with Crippen molar-refractivity contribution in [1.29, 1.82) is 0 Å². The van der Waals surface area contributed by atoms with Gasteiger partial charge in [0.25, 0.3) is 11.8 Å². The molecule has 7 heteroatoms. The zero-order valence-electron chi connectivity index (χ0n) is 14.6. The Kier molecular flexibility index (Phi) is 4.58. The summed E-state index contributed by atoms with van der Waals surface area (Å²) in [6.45, 7) is 0. The highest BCUT2D eigenvalue weighted by atomic mass is 16.7. The van der Waals surface area contributed by atoms with Gasteiger partial charge in [-0.1, -0.05) is 23.6 Å². The maximum Gasteiger partial charge on any atom is 0.364 e. The molecule has 2 heterocycles. The molecule has 0 radical (unpaired) electrons. The molecule has 27 heavy (non-hydrogen) atoms. The number of ether oxygens (including phenoxy) is 1. The molecule has 0 saturated heterocycles. The number of amides is 2. The first-order chi connectivity index (χ1) is 13.1. The number of aromatic nitrogens is 1. The molecule has 1 fully saturated rings. The molecule has 1 aliphatic heterocycles. The average Bonchev–Trinajstić information content (AvgIpc) is 2.94. The summed E-state index contributed by atoms with van der Waals surface area (Å²) >= 11 is 0. The van der Waals surface area contributed by atoms with Crippen molar-refractivity contribution < 1.29 is 24.0 Å². The lowest BCUT2D eigenvalue weighted by atomic mass is 9.98. The summed E-state index contributed by atoms with van der Waals surface area (Å²) in [7, 11) is 0. The summed E-state index contributed by atoms with van der Waals surface area (Å²) in [5.74, 6) is -1.80. The molecule has 138 valence electrons.